The Bertz CT molecular complexity index is 468. The van der Waals surface area contributed by atoms with Crippen molar-refractivity contribution in [2.75, 3.05) is 19.0 Å². The van der Waals surface area contributed by atoms with Crippen LogP contribution in [0.15, 0.2) is 18.2 Å². The molecule has 1 aromatic rings. The van der Waals surface area contributed by atoms with Gasteiger partial charge in [-0.3, -0.25) is 10.1 Å². The van der Waals surface area contributed by atoms with Gasteiger partial charge in [0.15, 0.2) is 5.75 Å². The number of rotatable bonds is 6. The van der Waals surface area contributed by atoms with E-state index >= 15 is 0 Å². The van der Waals surface area contributed by atoms with Crippen LogP contribution in [0.5, 0.6) is 11.5 Å². The van der Waals surface area contributed by atoms with Crippen LogP contribution in [0.4, 0.5) is 5.69 Å². The lowest BCUT2D eigenvalue weighted by molar-refractivity contribution is -0.386. The van der Waals surface area contributed by atoms with Crippen molar-refractivity contribution in [3.8, 4) is 11.5 Å². The minimum Gasteiger partial charge on any atom is -0.496 e. The molecule has 0 bridgehead atoms. The molecule has 0 saturated heterocycles. The Hall–Kier alpha value is -1.30. The Morgan fingerprint density at radius 2 is 2.21 bits per heavy atom. The Labute approximate surface area is 120 Å². The van der Waals surface area contributed by atoms with Gasteiger partial charge in [0.05, 0.1) is 24.7 Å². The molecular formula is C13H16BrNO4. The van der Waals surface area contributed by atoms with Crippen molar-refractivity contribution < 1.29 is 14.4 Å². The molecule has 0 spiro atoms. The third-order valence-corrected chi connectivity index (χ3v) is 4.78. The van der Waals surface area contributed by atoms with Crippen LogP contribution in [0.1, 0.15) is 19.3 Å². The molecule has 1 aromatic carbocycles. The van der Waals surface area contributed by atoms with Crippen LogP contribution < -0.4 is 9.47 Å². The first kappa shape index (κ1) is 14.1. The molecule has 5 nitrogen and oxygen atoms in total. The first-order valence-electron chi connectivity index (χ1n) is 6.11. The highest BCUT2D eigenvalue weighted by atomic mass is 79.9. The quantitative estimate of drug-likeness (QED) is 0.455. The molecule has 0 N–H and O–H groups in total. The number of alkyl halides is 1. The lowest BCUT2D eigenvalue weighted by atomic mass is 9.71. The van der Waals surface area contributed by atoms with Crippen LogP contribution in [0.2, 0.25) is 0 Å². The lowest BCUT2D eigenvalue weighted by Gasteiger charge is -2.39. The number of ether oxygens (including phenoxy) is 2. The fourth-order valence-corrected chi connectivity index (χ4v) is 2.84. The van der Waals surface area contributed by atoms with Gasteiger partial charge < -0.3 is 9.47 Å². The Morgan fingerprint density at radius 3 is 2.68 bits per heavy atom. The van der Waals surface area contributed by atoms with E-state index in [0.29, 0.717) is 18.1 Å². The number of methoxy groups -OCH3 is 1. The number of hydrogen-bond acceptors (Lipinski definition) is 4. The summed E-state index contributed by atoms with van der Waals surface area (Å²) in [5.74, 6) is 0.760. The van der Waals surface area contributed by atoms with E-state index < -0.39 is 4.92 Å². The van der Waals surface area contributed by atoms with Gasteiger partial charge in [-0.15, -0.1) is 0 Å². The number of nitro benzene ring substituents is 1. The molecule has 0 aromatic heterocycles. The zero-order valence-electron chi connectivity index (χ0n) is 10.7. The molecular weight excluding hydrogens is 314 g/mol. The number of hydrogen-bond donors (Lipinski definition) is 0. The molecule has 1 fully saturated rings. The van der Waals surface area contributed by atoms with Crippen LogP contribution >= 0.6 is 15.9 Å². The molecule has 0 heterocycles. The third kappa shape index (κ3) is 3.00. The van der Waals surface area contributed by atoms with Crippen molar-refractivity contribution in [3.63, 3.8) is 0 Å². The summed E-state index contributed by atoms with van der Waals surface area (Å²) in [7, 11) is 1.48. The minimum absolute atomic E-state index is 0.0524. The van der Waals surface area contributed by atoms with Crippen LogP contribution in [0.25, 0.3) is 0 Å². The molecule has 0 amide bonds. The van der Waals surface area contributed by atoms with Crippen molar-refractivity contribution in [1.82, 2.24) is 0 Å². The van der Waals surface area contributed by atoms with Gasteiger partial charge in [0.25, 0.3) is 0 Å². The van der Waals surface area contributed by atoms with E-state index in [1.165, 1.54) is 19.6 Å². The van der Waals surface area contributed by atoms with Gasteiger partial charge in [0, 0.05) is 10.7 Å². The summed E-state index contributed by atoms with van der Waals surface area (Å²) >= 11 is 3.49. The maximum absolute atomic E-state index is 11.0. The van der Waals surface area contributed by atoms with Gasteiger partial charge in [-0.05, 0) is 25.0 Å². The summed E-state index contributed by atoms with van der Waals surface area (Å²) < 4.78 is 10.7. The predicted molar refractivity (Wildman–Crippen MR) is 75.2 cm³/mol. The van der Waals surface area contributed by atoms with Crippen LogP contribution in [-0.4, -0.2) is 24.0 Å². The van der Waals surface area contributed by atoms with Crippen LogP contribution in [0.3, 0.4) is 0 Å². The molecule has 104 valence electrons. The molecule has 2 rings (SSSR count). The molecule has 1 saturated carbocycles. The van der Waals surface area contributed by atoms with E-state index in [1.807, 2.05) is 0 Å². The molecule has 19 heavy (non-hydrogen) atoms. The van der Waals surface area contributed by atoms with Crippen molar-refractivity contribution in [2.24, 2.45) is 5.41 Å². The SMILES string of the molecule is COc1ccc(OCC2(CBr)CCC2)c([N+](=O)[O-])c1. The lowest BCUT2D eigenvalue weighted by Crippen LogP contribution is -2.37. The number of nitrogens with zero attached hydrogens (tertiary/aromatic N) is 1. The van der Waals surface area contributed by atoms with Gasteiger partial charge in [-0.25, -0.2) is 0 Å². The van der Waals surface area contributed by atoms with Crippen molar-refractivity contribution in [1.29, 1.82) is 0 Å². The predicted octanol–water partition coefficient (Wildman–Crippen LogP) is 3.55. The van der Waals surface area contributed by atoms with E-state index in [9.17, 15) is 10.1 Å². The first-order chi connectivity index (χ1) is 9.10. The summed E-state index contributed by atoms with van der Waals surface area (Å²) in [5, 5.41) is 11.9. The molecule has 0 atom stereocenters. The summed E-state index contributed by atoms with van der Waals surface area (Å²) in [6.07, 6.45) is 3.39. The van der Waals surface area contributed by atoms with Crippen molar-refractivity contribution >= 4 is 21.6 Å². The van der Waals surface area contributed by atoms with E-state index in [0.717, 1.165) is 18.2 Å². The van der Waals surface area contributed by atoms with Gasteiger partial charge in [0.1, 0.15) is 5.75 Å². The molecule has 1 aliphatic rings. The second kappa shape index (κ2) is 5.77. The number of nitro groups is 1. The summed E-state index contributed by atoms with van der Waals surface area (Å²) in [5.41, 5.74) is 0.0803. The fraction of sp³-hybridized carbons (Fsp3) is 0.538. The van der Waals surface area contributed by atoms with E-state index in [4.69, 9.17) is 9.47 Å². The Kier molecular flexibility index (Phi) is 4.29. The highest BCUT2D eigenvalue weighted by Crippen LogP contribution is 2.43. The first-order valence-corrected chi connectivity index (χ1v) is 7.23. The normalized spacial score (nSPS) is 16.5. The van der Waals surface area contributed by atoms with Gasteiger partial charge in [-0.2, -0.15) is 0 Å². The molecule has 1 aliphatic carbocycles. The highest BCUT2D eigenvalue weighted by Gasteiger charge is 2.37. The van der Waals surface area contributed by atoms with E-state index in [2.05, 4.69) is 15.9 Å². The zero-order chi connectivity index (χ0) is 13.9. The minimum atomic E-state index is -0.445. The Balaban J connectivity index is 2.13. The topological polar surface area (TPSA) is 61.6 Å². The average molecular weight is 330 g/mol. The van der Waals surface area contributed by atoms with Crippen LogP contribution in [0, 0.1) is 15.5 Å². The van der Waals surface area contributed by atoms with Crippen LogP contribution in [-0.2, 0) is 0 Å². The second-order valence-electron chi connectivity index (χ2n) is 4.87. The summed E-state index contributed by atoms with van der Waals surface area (Å²) in [6, 6.07) is 4.65. The zero-order valence-corrected chi connectivity index (χ0v) is 12.3. The summed E-state index contributed by atoms with van der Waals surface area (Å²) in [6.45, 7) is 0.505. The summed E-state index contributed by atoms with van der Waals surface area (Å²) in [4.78, 5) is 10.6. The fourth-order valence-electron chi connectivity index (χ4n) is 2.11. The van der Waals surface area contributed by atoms with Gasteiger partial charge in [-0.1, -0.05) is 22.4 Å². The monoisotopic (exact) mass is 329 g/mol. The third-order valence-electron chi connectivity index (χ3n) is 3.59. The average Bonchev–Trinajstić information content (AvgIpc) is 2.38. The largest absolute Gasteiger partial charge is 0.496 e. The van der Waals surface area contributed by atoms with E-state index in [-0.39, 0.29) is 11.1 Å². The van der Waals surface area contributed by atoms with Crippen molar-refractivity contribution in [2.45, 2.75) is 19.3 Å². The molecule has 6 heteroatoms. The molecule has 0 unspecified atom stereocenters. The maximum Gasteiger partial charge on any atom is 0.314 e. The smallest absolute Gasteiger partial charge is 0.314 e. The Morgan fingerprint density at radius 1 is 1.47 bits per heavy atom. The van der Waals surface area contributed by atoms with E-state index in [1.54, 1.807) is 12.1 Å². The van der Waals surface area contributed by atoms with Gasteiger partial charge >= 0.3 is 5.69 Å². The molecule has 0 radical (unpaired) electrons. The number of benzene rings is 1. The molecule has 0 aliphatic heterocycles. The highest BCUT2D eigenvalue weighted by molar-refractivity contribution is 9.09. The second-order valence-corrected chi connectivity index (χ2v) is 5.43. The maximum atomic E-state index is 11.0. The van der Waals surface area contributed by atoms with Gasteiger partial charge in [0.2, 0.25) is 0 Å². The van der Waals surface area contributed by atoms with Crippen molar-refractivity contribution in [3.05, 3.63) is 28.3 Å². The number of halogens is 1. The standard InChI is InChI=1S/C13H16BrNO4/c1-18-10-3-4-12(11(7-10)15(16)17)19-9-13(8-14)5-2-6-13/h3-4,7H,2,5-6,8-9H2,1H3.